The second-order valence-corrected chi connectivity index (χ2v) is 18.7. The quantitative estimate of drug-likeness (QED) is 0.131. The Hall–Kier alpha value is -4.38. The van der Waals surface area contributed by atoms with Crippen molar-refractivity contribution in [2.24, 2.45) is 29.1 Å². The molecule has 8 rings (SSSR count). The van der Waals surface area contributed by atoms with Crippen LogP contribution in [0.3, 0.4) is 0 Å². The first-order valence-corrected chi connectivity index (χ1v) is 21.8. The number of fused-ring (bicyclic) bond motifs is 2. The summed E-state index contributed by atoms with van der Waals surface area (Å²) in [6.45, 7) is 9.77. The highest BCUT2D eigenvalue weighted by molar-refractivity contribution is 7.90. The van der Waals surface area contributed by atoms with Crippen molar-refractivity contribution in [3.05, 3.63) is 106 Å². The number of allylic oxidation sites excluding steroid dienone is 1. The molecule has 55 heavy (non-hydrogen) atoms. The van der Waals surface area contributed by atoms with Crippen LogP contribution in [0.1, 0.15) is 94.5 Å². The van der Waals surface area contributed by atoms with Crippen molar-refractivity contribution in [1.82, 2.24) is 9.62 Å². The summed E-state index contributed by atoms with van der Waals surface area (Å²) >= 11 is 0. The number of sulfonamides is 1. The predicted molar refractivity (Wildman–Crippen MR) is 219 cm³/mol. The maximum absolute atomic E-state index is 13.2. The summed E-state index contributed by atoms with van der Waals surface area (Å²) in [6, 6.07) is 22.4. The van der Waals surface area contributed by atoms with Gasteiger partial charge in [0, 0.05) is 49.0 Å². The van der Waals surface area contributed by atoms with E-state index in [1.807, 2.05) is 12.1 Å². The molecule has 11 heteroatoms. The number of nitro benzene ring substituents is 1. The van der Waals surface area contributed by atoms with Gasteiger partial charge in [0.25, 0.3) is 21.6 Å². The van der Waals surface area contributed by atoms with Crippen LogP contribution in [0.4, 0.5) is 17.1 Å². The van der Waals surface area contributed by atoms with E-state index in [0.29, 0.717) is 35.9 Å². The molecule has 3 aromatic carbocycles. The molecule has 0 spiro atoms. The van der Waals surface area contributed by atoms with E-state index < -0.39 is 20.9 Å². The average molecular weight is 768 g/mol. The molecule has 2 bridgehead atoms. The Labute approximate surface area is 327 Å². The van der Waals surface area contributed by atoms with Gasteiger partial charge in [0.15, 0.2) is 0 Å². The van der Waals surface area contributed by atoms with Gasteiger partial charge in [-0.3, -0.25) is 14.9 Å². The summed E-state index contributed by atoms with van der Waals surface area (Å²) < 4.78 is 28.6. The molecule has 5 fully saturated rings. The van der Waals surface area contributed by atoms with E-state index >= 15 is 0 Å². The van der Waals surface area contributed by atoms with E-state index in [4.69, 9.17) is 0 Å². The van der Waals surface area contributed by atoms with Gasteiger partial charge in [-0.1, -0.05) is 76.4 Å². The number of nitrogens with zero attached hydrogens (tertiary/aromatic N) is 3. The summed E-state index contributed by atoms with van der Waals surface area (Å²) in [7, 11) is -4.36. The van der Waals surface area contributed by atoms with E-state index in [9.17, 15) is 23.3 Å². The fraction of sp³-hybridized carbons (Fsp3) is 0.523. The zero-order valence-electron chi connectivity index (χ0n) is 32.5. The van der Waals surface area contributed by atoms with E-state index in [2.05, 4.69) is 83.2 Å². The number of piperidine rings is 1. The van der Waals surface area contributed by atoms with Crippen molar-refractivity contribution in [2.75, 3.05) is 29.9 Å². The van der Waals surface area contributed by atoms with Gasteiger partial charge in [-0.2, -0.15) is 0 Å². The van der Waals surface area contributed by atoms with Crippen molar-refractivity contribution in [3.8, 4) is 0 Å². The zero-order chi connectivity index (χ0) is 38.7. The molecule has 3 aromatic rings. The van der Waals surface area contributed by atoms with Crippen LogP contribution < -0.4 is 14.9 Å². The molecule has 0 aromatic heterocycles. The highest BCUT2D eigenvalue weighted by Gasteiger charge is 2.57. The smallest absolute Gasteiger partial charge is 0.293 e. The number of carbonyl (C=O) groups is 1. The molecule has 0 radical (unpaired) electrons. The van der Waals surface area contributed by atoms with Crippen LogP contribution in [0.5, 0.6) is 0 Å². The average Bonchev–Trinajstić information content (AvgIpc) is 3.19. The van der Waals surface area contributed by atoms with Crippen molar-refractivity contribution >= 4 is 33.0 Å². The third-order valence-corrected chi connectivity index (χ3v) is 14.9. The van der Waals surface area contributed by atoms with E-state index in [1.54, 1.807) is 12.1 Å². The Morgan fingerprint density at radius 2 is 1.67 bits per heavy atom. The van der Waals surface area contributed by atoms with Gasteiger partial charge in [-0.15, -0.1) is 0 Å². The summed E-state index contributed by atoms with van der Waals surface area (Å²) in [5.41, 5.74) is 2.88. The largest absolute Gasteiger partial charge is 0.379 e. The molecule has 4 saturated carbocycles. The summed E-state index contributed by atoms with van der Waals surface area (Å²) in [4.78, 5) is 29.2. The maximum atomic E-state index is 13.2. The van der Waals surface area contributed by atoms with E-state index in [1.165, 1.54) is 37.0 Å². The van der Waals surface area contributed by atoms with Crippen molar-refractivity contribution in [1.29, 1.82) is 0 Å². The summed E-state index contributed by atoms with van der Waals surface area (Å²) in [5.74, 6) is 1.85. The molecular formula is C44H57N5O5S. The number of hydrogen-bond donors (Lipinski definition) is 2. The van der Waals surface area contributed by atoms with E-state index in [-0.39, 0.29) is 21.8 Å². The number of nitrogens with one attached hydrogen (secondary N) is 2. The molecule has 1 saturated heterocycles. The monoisotopic (exact) mass is 767 g/mol. The molecule has 294 valence electrons. The van der Waals surface area contributed by atoms with Crippen LogP contribution in [-0.4, -0.2) is 55.9 Å². The molecule has 1 amide bonds. The van der Waals surface area contributed by atoms with Crippen molar-refractivity contribution in [2.45, 2.75) is 102 Å². The van der Waals surface area contributed by atoms with Crippen LogP contribution in [0.2, 0.25) is 0 Å². The van der Waals surface area contributed by atoms with Gasteiger partial charge in [-0.05, 0) is 122 Å². The van der Waals surface area contributed by atoms with E-state index in [0.717, 1.165) is 81.6 Å². The lowest BCUT2D eigenvalue weighted by molar-refractivity contribution is -0.384. The number of anilines is 2. The number of benzene rings is 3. The fourth-order valence-electron chi connectivity index (χ4n) is 10.1. The molecule has 1 heterocycles. The fourth-order valence-corrected chi connectivity index (χ4v) is 11.0. The number of amides is 1. The van der Waals surface area contributed by atoms with Gasteiger partial charge in [0.2, 0.25) is 0 Å². The third-order valence-electron chi connectivity index (χ3n) is 13.6. The Kier molecular flexibility index (Phi) is 11.6. The Balaban J connectivity index is 0.968. The van der Waals surface area contributed by atoms with Crippen LogP contribution in [0, 0.1) is 39.2 Å². The van der Waals surface area contributed by atoms with Crippen molar-refractivity contribution < 1.29 is 18.1 Å². The minimum Gasteiger partial charge on any atom is -0.379 e. The molecule has 4 atom stereocenters. The highest BCUT2D eigenvalue weighted by Crippen LogP contribution is 2.62. The van der Waals surface area contributed by atoms with Gasteiger partial charge in [0.1, 0.15) is 5.69 Å². The normalized spacial score (nSPS) is 24.2. The first-order valence-electron chi connectivity index (χ1n) is 20.3. The molecule has 10 nitrogen and oxygen atoms in total. The van der Waals surface area contributed by atoms with Gasteiger partial charge < -0.3 is 15.1 Å². The minimum atomic E-state index is -4.36. The second-order valence-electron chi connectivity index (χ2n) is 17.1. The first kappa shape index (κ1) is 38.9. The standard InChI is InChI=1S/C44H57N5O5S/c1-31-39-27-35(44(39,2)3)28-41(31)48(24-10-15-32-11-6-4-7-12-32)37-22-25-47(26-23-37)36-18-16-34(17-19-36)43(50)46-55(53,54)38-20-21-40(42(29-38)49(51)52)45-30-33-13-8-5-9-14-33/h4,6-7,10-12,16-21,24,29,31,33,35,37,39,41,45H,5,8-9,13-15,22-23,25-28,30H2,1-3H3,(H,46,50)/t31-,35+,39-,41-/m0/s1. The van der Waals surface area contributed by atoms with Crippen LogP contribution in [0.25, 0.3) is 0 Å². The predicted octanol–water partition coefficient (Wildman–Crippen LogP) is 8.80. The SMILES string of the molecule is C[C@@H]1[C@@H](N(C=CCc2ccccc2)C2CCN(c3ccc(C(=O)NS(=O)(=O)c4ccc(NCC5CCCCC5)c([N+](=O)[O-])c4)cc3)CC2)C[C@H]2C[C@@H]1C2(C)C. The minimum absolute atomic E-state index is 0.199. The van der Waals surface area contributed by atoms with Gasteiger partial charge in [-0.25, -0.2) is 13.1 Å². The van der Waals surface area contributed by atoms with Crippen LogP contribution in [0.15, 0.2) is 90.0 Å². The zero-order valence-corrected chi connectivity index (χ0v) is 33.3. The summed E-state index contributed by atoms with van der Waals surface area (Å²) in [6.07, 6.45) is 16.0. The second kappa shape index (κ2) is 16.4. The lowest BCUT2D eigenvalue weighted by Gasteiger charge is -2.64. The molecule has 2 N–H and O–H groups in total. The lowest BCUT2D eigenvalue weighted by atomic mass is 9.44. The van der Waals surface area contributed by atoms with Crippen molar-refractivity contribution in [3.63, 3.8) is 0 Å². The Morgan fingerprint density at radius 3 is 2.33 bits per heavy atom. The number of carbonyl (C=O) groups excluding carboxylic acids is 1. The van der Waals surface area contributed by atoms with Crippen LogP contribution in [-0.2, 0) is 16.4 Å². The number of nitro groups is 1. The molecule has 1 aliphatic heterocycles. The number of hydrogen-bond acceptors (Lipinski definition) is 8. The third kappa shape index (κ3) is 8.56. The molecule has 5 aliphatic rings. The Morgan fingerprint density at radius 1 is 0.964 bits per heavy atom. The maximum Gasteiger partial charge on any atom is 0.293 e. The van der Waals surface area contributed by atoms with Gasteiger partial charge in [0.05, 0.1) is 9.82 Å². The molecular weight excluding hydrogens is 711 g/mol. The first-order chi connectivity index (χ1) is 26.4. The molecule has 0 unspecified atom stereocenters. The molecule has 4 aliphatic carbocycles. The van der Waals surface area contributed by atoms with Gasteiger partial charge >= 0.3 is 0 Å². The topological polar surface area (TPSA) is 125 Å². The Bertz CT molecular complexity index is 1950. The number of rotatable bonds is 13. The highest BCUT2D eigenvalue weighted by atomic mass is 32.2. The van der Waals surface area contributed by atoms with Crippen LogP contribution >= 0.6 is 0 Å². The summed E-state index contributed by atoms with van der Waals surface area (Å²) in [5, 5.41) is 15.0. The lowest BCUT2D eigenvalue weighted by Crippen LogP contribution is -2.61.